The van der Waals surface area contributed by atoms with Crippen molar-refractivity contribution in [1.82, 2.24) is 30.0 Å². The Morgan fingerprint density at radius 3 is 1.87 bits per heavy atom. The molecule has 0 aliphatic carbocycles. The maximum atomic E-state index is 13.3. The van der Waals surface area contributed by atoms with E-state index >= 15 is 0 Å². The van der Waals surface area contributed by atoms with Crippen molar-refractivity contribution in [3.8, 4) is 11.5 Å². The molecular formula is C55H77N9O7. The van der Waals surface area contributed by atoms with Gasteiger partial charge >= 0.3 is 17.8 Å². The second kappa shape index (κ2) is 26.4. The van der Waals surface area contributed by atoms with Crippen LogP contribution in [0.15, 0.2) is 73.1 Å². The first-order valence-corrected chi connectivity index (χ1v) is 25.5. The summed E-state index contributed by atoms with van der Waals surface area (Å²) in [7, 11) is 4.33. The van der Waals surface area contributed by atoms with Gasteiger partial charge in [0, 0.05) is 50.1 Å². The standard InChI is InChI=1S/C27H37N5O3.C18H28N2O.C10H12N2O3/c1-4-20-12-22(14-29-25(20)28)30-26(33)27(34)32-15-18(2)8-9-24(32)21-6-5-7-23(13-21)35-17-19-10-11-31(3)16-19;1-14-6-7-18(19-11-14)16-4-3-5-17(10-16)21-13-15-8-9-20(2)12-15;1-2-7-3-6(5-12-9(7)11)4-8(13)10(14)15/h5-7,12-14,18-19,24H,4,8-11,15-17H2,1-3H3,(H2,28,29)(H,30,33);3-5,10,14-15,18-19H,6-9,11-13H2,1-2H3;3,5H,2,4H2,1H3,(H2,11,12)(H,14,15)/t18-,19-,24+;14-,15-,18+;/m00./s1. The largest absolute Gasteiger partial charge is 0.493 e. The lowest BCUT2D eigenvalue weighted by molar-refractivity contribution is -0.148. The van der Waals surface area contributed by atoms with Gasteiger partial charge in [0.25, 0.3) is 0 Å². The van der Waals surface area contributed by atoms with Gasteiger partial charge in [0.1, 0.15) is 23.1 Å². The maximum Gasteiger partial charge on any atom is 0.372 e. The quantitative estimate of drug-likeness (QED) is 0.0805. The van der Waals surface area contributed by atoms with Crippen LogP contribution in [0.3, 0.4) is 0 Å². The number of Topliss-reactive ketones (excluding diaryl/α,β-unsaturated/α-hetero) is 1. The Bertz CT molecular complexity index is 2410. The van der Waals surface area contributed by atoms with Gasteiger partial charge in [-0.05, 0) is 155 Å². The van der Waals surface area contributed by atoms with E-state index in [1.165, 1.54) is 50.3 Å². The Kier molecular flexibility index (Phi) is 20.1. The first-order valence-electron chi connectivity index (χ1n) is 25.5. The minimum atomic E-state index is -1.43. The third-order valence-electron chi connectivity index (χ3n) is 14.1. The second-order valence-corrected chi connectivity index (χ2v) is 20.1. The van der Waals surface area contributed by atoms with Gasteiger partial charge in [-0.1, -0.05) is 58.0 Å². The number of ketones is 1. The molecule has 4 saturated heterocycles. The number of aliphatic carboxylic acids is 1. The first-order chi connectivity index (χ1) is 34.1. The van der Waals surface area contributed by atoms with Crippen molar-refractivity contribution in [2.75, 3.05) is 83.4 Å². The summed E-state index contributed by atoms with van der Waals surface area (Å²) >= 11 is 0. The Balaban J connectivity index is 0.000000194. The van der Waals surface area contributed by atoms with Gasteiger partial charge in [0.15, 0.2) is 0 Å². The number of nitrogens with zero attached hydrogens (tertiary/aromatic N) is 5. The van der Waals surface area contributed by atoms with Gasteiger partial charge < -0.3 is 51.4 Å². The zero-order valence-corrected chi connectivity index (χ0v) is 42.7. The molecule has 8 rings (SSSR count). The number of amides is 2. The van der Waals surface area contributed by atoms with Crippen LogP contribution in [0.5, 0.6) is 11.5 Å². The van der Waals surface area contributed by atoms with Gasteiger partial charge in [-0.25, -0.2) is 14.8 Å². The molecule has 0 bridgehead atoms. The summed E-state index contributed by atoms with van der Waals surface area (Å²) in [5.74, 6) is 1.60. The average Bonchev–Trinajstić information content (AvgIpc) is 4.00. The topological polar surface area (TPSA) is 219 Å². The van der Waals surface area contributed by atoms with E-state index in [1.54, 1.807) is 17.0 Å². The van der Waals surface area contributed by atoms with Crippen LogP contribution in [-0.2, 0) is 38.4 Å². The summed E-state index contributed by atoms with van der Waals surface area (Å²) in [5, 5.41) is 14.8. The number of carbonyl (C=O) groups is 4. The molecule has 4 aromatic rings. The van der Waals surface area contributed by atoms with Crippen molar-refractivity contribution < 1.29 is 33.8 Å². The molecule has 7 N–H and O–H groups in total. The van der Waals surface area contributed by atoms with Crippen molar-refractivity contribution in [3.05, 3.63) is 101 Å². The molecule has 384 valence electrons. The number of nitrogen functional groups attached to an aromatic ring is 2. The number of hydrogen-bond acceptors (Lipinski definition) is 13. The number of likely N-dealkylation sites (tertiary alicyclic amines) is 3. The van der Waals surface area contributed by atoms with Crippen LogP contribution < -0.4 is 31.6 Å². The summed E-state index contributed by atoms with van der Waals surface area (Å²) in [6, 6.07) is 20.5. The van der Waals surface area contributed by atoms with E-state index in [9.17, 15) is 19.2 Å². The smallest absolute Gasteiger partial charge is 0.372 e. The highest BCUT2D eigenvalue weighted by Gasteiger charge is 2.35. The van der Waals surface area contributed by atoms with Gasteiger partial charge in [-0.2, -0.15) is 0 Å². The van der Waals surface area contributed by atoms with Crippen molar-refractivity contribution in [3.63, 3.8) is 0 Å². The zero-order valence-electron chi connectivity index (χ0n) is 42.7. The lowest BCUT2D eigenvalue weighted by Gasteiger charge is -2.38. The molecule has 4 aliphatic rings. The minimum absolute atomic E-state index is 0.143. The molecular weight excluding hydrogens is 899 g/mol. The van der Waals surface area contributed by atoms with Crippen molar-refractivity contribution in [2.45, 2.75) is 97.6 Å². The number of aromatic nitrogens is 2. The fraction of sp³-hybridized carbons (Fsp3) is 0.527. The summed E-state index contributed by atoms with van der Waals surface area (Å²) in [6.45, 7) is 16.1. The lowest BCUT2D eigenvalue weighted by Crippen LogP contribution is -2.46. The van der Waals surface area contributed by atoms with Gasteiger partial charge in [-0.15, -0.1) is 0 Å². The number of pyridine rings is 2. The molecule has 4 fully saturated rings. The van der Waals surface area contributed by atoms with E-state index < -0.39 is 23.6 Å². The summed E-state index contributed by atoms with van der Waals surface area (Å²) in [5.41, 5.74) is 16.5. The highest BCUT2D eigenvalue weighted by molar-refractivity contribution is 6.39. The third-order valence-corrected chi connectivity index (χ3v) is 14.1. The highest BCUT2D eigenvalue weighted by atomic mass is 16.5. The molecule has 6 atom stereocenters. The van der Waals surface area contributed by atoms with Crippen LogP contribution in [0.4, 0.5) is 17.3 Å². The van der Waals surface area contributed by atoms with Crippen molar-refractivity contribution >= 4 is 40.9 Å². The van der Waals surface area contributed by atoms with Gasteiger partial charge in [-0.3, -0.25) is 14.4 Å². The molecule has 0 radical (unpaired) electrons. The predicted molar refractivity (Wildman–Crippen MR) is 278 cm³/mol. The number of carbonyl (C=O) groups excluding carboxylic acids is 3. The van der Waals surface area contributed by atoms with Crippen LogP contribution in [0, 0.1) is 23.7 Å². The van der Waals surface area contributed by atoms with Crippen molar-refractivity contribution in [2.24, 2.45) is 23.7 Å². The van der Waals surface area contributed by atoms with E-state index in [0.29, 0.717) is 72.7 Å². The first kappa shape index (κ1) is 54.2. The fourth-order valence-electron chi connectivity index (χ4n) is 9.79. The third kappa shape index (κ3) is 16.2. The SMILES string of the molecule is CCc1cc(CC(=O)C(=O)O)cnc1N.CCc1cc(NC(=O)C(=O)N2C[C@@H](C)CC[C@@H]2c2cccc(OC[C@H]3CCN(C)C3)c2)cnc1N.C[C@H]1CC[C@H](c2cccc(OC[C@H]3CCN(C)C3)c2)NC1. The molecule has 0 saturated carbocycles. The minimum Gasteiger partial charge on any atom is -0.493 e. The number of ether oxygens (including phenoxy) is 2. The number of rotatable bonds is 14. The molecule has 6 heterocycles. The maximum absolute atomic E-state index is 13.3. The average molecular weight is 976 g/mol. The summed E-state index contributed by atoms with van der Waals surface area (Å²) in [6.07, 6.45) is 10.9. The van der Waals surface area contributed by atoms with Crippen LogP contribution in [0.2, 0.25) is 0 Å². The van der Waals surface area contributed by atoms with Gasteiger partial charge in [0.2, 0.25) is 5.78 Å². The van der Waals surface area contributed by atoms with Crippen LogP contribution in [0.1, 0.15) is 106 Å². The Morgan fingerprint density at radius 2 is 1.31 bits per heavy atom. The molecule has 16 heteroatoms. The van der Waals surface area contributed by atoms with Crippen molar-refractivity contribution in [1.29, 1.82) is 0 Å². The number of aryl methyl sites for hydroxylation is 2. The molecule has 2 amide bonds. The lowest BCUT2D eigenvalue weighted by atomic mass is 9.89. The normalized spacial score (nSPS) is 22.3. The monoisotopic (exact) mass is 976 g/mol. The Morgan fingerprint density at radius 1 is 0.732 bits per heavy atom. The number of piperidine rings is 2. The number of nitrogens with two attached hydrogens (primary N) is 2. The molecule has 2 aromatic carbocycles. The number of carboxylic acid groups (broad SMARTS) is 1. The molecule has 0 spiro atoms. The molecule has 4 aliphatic heterocycles. The number of anilines is 3. The number of carboxylic acids is 1. The number of nitrogens with one attached hydrogen (secondary N) is 2. The Hall–Kier alpha value is -6.10. The molecule has 2 aromatic heterocycles. The van der Waals surface area contributed by atoms with E-state index in [1.807, 2.05) is 38.1 Å². The second-order valence-electron chi connectivity index (χ2n) is 20.1. The van der Waals surface area contributed by atoms with E-state index in [2.05, 4.69) is 82.6 Å². The Labute approximate surface area is 420 Å². The van der Waals surface area contributed by atoms with E-state index in [-0.39, 0.29) is 12.5 Å². The van der Waals surface area contributed by atoms with Crippen LogP contribution in [-0.4, -0.2) is 120 Å². The summed E-state index contributed by atoms with van der Waals surface area (Å²) < 4.78 is 12.2. The fourth-order valence-corrected chi connectivity index (χ4v) is 9.79. The number of hydrogen-bond donors (Lipinski definition) is 5. The van der Waals surface area contributed by atoms with E-state index in [4.69, 9.17) is 26.0 Å². The predicted octanol–water partition coefficient (Wildman–Crippen LogP) is 7.00. The van der Waals surface area contributed by atoms with E-state index in [0.717, 1.165) is 79.6 Å². The van der Waals surface area contributed by atoms with Gasteiger partial charge in [0.05, 0.1) is 31.1 Å². The molecule has 16 nitrogen and oxygen atoms in total. The molecule has 0 unspecified atom stereocenters. The molecule has 71 heavy (non-hydrogen) atoms. The highest BCUT2D eigenvalue weighted by Crippen LogP contribution is 2.35. The number of benzene rings is 2. The zero-order chi connectivity index (χ0) is 51.0. The van der Waals surface area contributed by atoms with Crippen LogP contribution >= 0.6 is 0 Å². The van der Waals surface area contributed by atoms with Crippen LogP contribution in [0.25, 0.3) is 0 Å². The summed E-state index contributed by atoms with van der Waals surface area (Å²) in [4.78, 5) is 61.9.